The number of ether oxygens (including phenoxy) is 1. The summed E-state index contributed by atoms with van der Waals surface area (Å²) >= 11 is 1.42. The molecule has 8 heteroatoms. The Hall–Kier alpha value is -2.87. The number of hydrogen-bond acceptors (Lipinski definition) is 5. The molecule has 3 rings (SSSR count). The van der Waals surface area contributed by atoms with E-state index >= 15 is 0 Å². The van der Waals surface area contributed by atoms with Crippen molar-refractivity contribution >= 4 is 39.8 Å². The Morgan fingerprint density at radius 3 is 2.53 bits per heavy atom. The lowest BCUT2D eigenvalue weighted by molar-refractivity contribution is -0.138. The lowest BCUT2D eigenvalue weighted by Crippen LogP contribution is -2.27. The maximum absolute atomic E-state index is 13.4. The molecular weight excluding hydrogens is 428 g/mol. The molecule has 1 heterocycles. The van der Waals surface area contributed by atoms with Crippen molar-refractivity contribution in [1.82, 2.24) is 0 Å². The van der Waals surface area contributed by atoms with Gasteiger partial charge in [-0.15, -0.1) is 11.3 Å². The number of anilines is 2. The van der Waals surface area contributed by atoms with Gasteiger partial charge in [0, 0.05) is 11.3 Å². The van der Waals surface area contributed by atoms with Crippen LogP contribution in [0.4, 0.5) is 10.7 Å². The largest absolute Gasteiger partial charge is 0.495 e. The summed E-state index contributed by atoms with van der Waals surface area (Å²) in [7, 11) is 1.54. The number of hydrogen-bond donors (Lipinski definition) is 3. The summed E-state index contributed by atoms with van der Waals surface area (Å²) in [6.07, 6.45) is 2.17. The van der Waals surface area contributed by atoms with Crippen LogP contribution < -0.4 is 15.4 Å². The lowest BCUT2D eigenvalue weighted by Gasteiger charge is -2.33. The average molecular weight is 459 g/mol. The first-order chi connectivity index (χ1) is 15.1. The van der Waals surface area contributed by atoms with Crippen molar-refractivity contribution in [1.29, 1.82) is 0 Å². The predicted molar refractivity (Wildman–Crippen MR) is 126 cm³/mol. The summed E-state index contributed by atoms with van der Waals surface area (Å²) in [5, 5.41) is 15.1. The number of benzene rings is 1. The van der Waals surface area contributed by atoms with E-state index < -0.39 is 11.9 Å². The van der Waals surface area contributed by atoms with Crippen molar-refractivity contribution in [2.45, 2.75) is 52.9 Å². The molecule has 0 saturated carbocycles. The van der Waals surface area contributed by atoms with E-state index in [9.17, 15) is 14.4 Å². The fourth-order valence-corrected chi connectivity index (χ4v) is 5.34. The predicted octanol–water partition coefficient (Wildman–Crippen LogP) is 4.96. The quantitative estimate of drug-likeness (QED) is 0.544. The highest BCUT2D eigenvalue weighted by Crippen LogP contribution is 2.44. The number of nitrogens with one attached hydrogen (secondary N) is 2. The fraction of sp³-hybridized carbons (Fsp3) is 0.458. The summed E-state index contributed by atoms with van der Waals surface area (Å²) < 4.78 is 5.34. The number of rotatable bonds is 7. The van der Waals surface area contributed by atoms with Crippen molar-refractivity contribution in [3.8, 4) is 5.75 Å². The number of fused-ring (bicyclic) bond motifs is 1. The number of carboxylic acids is 1. The molecular formula is C24H30N2O5S. The molecule has 0 bridgehead atoms. The van der Waals surface area contributed by atoms with Crippen LogP contribution in [-0.2, 0) is 22.4 Å². The molecule has 0 spiro atoms. The third-order valence-electron chi connectivity index (χ3n) is 5.89. The van der Waals surface area contributed by atoms with Gasteiger partial charge in [0.15, 0.2) is 0 Å². The van der Waals surface area contributed by atoms with Crippen molar-refractivity contribution < 1.29 is 24.2 Å². The maximum atomic E-state index is 13.4. The molecule has 0 fully saturated rings. The first-order valence-electron chi connectivity index (χ1n) is 10.7. The Bertz CT molecular complexity index is 1020. The first-order valence-corrected chi connectivity index (χ1v) is 11.5. The highest BCUT2D eigenvalue weighted by molar-refractivity contribution is 7.17. The van der Waals surface area contributed by atoms with Crippen LogP contribution in [-0.4, -0.2) is 30.0 Å². The second-order valence-corrected chi connectivity index (χ2v) is 10.2. The number of carbonyl (C=O) groups excluding carboxylic acids is 2. The molecule has 0 aliphatic heterocycles. The van der Waals surface area contributed by atoms with E-state index in [-0.39, 0.29) is 24.2 Å². The molecule has 32 heavy (non-hydrogen) atoms. The van der Waals surface area contributed by atoms with Crippen molar-refractivity contribution in [3.05, 3.63) is 40.3 Å². The highest BCUT2D eigenvalue weighted by Gasteiger charge is 2.34. The zero-order valence-corrected chi connectivity index (χ0v) is 19.7. The zero-order valence-electron chi connectivity index (χ0n) is 18.9. The molecule has 1 aliphatic rings. The van der Waals surface area contributed by atoms with Crippen LogP contribution in [0.3, 0.4) is 0 Å². The summed E-state index contributed by atoms with van der Waals surface area (Å²) in [4.78, 5) is 37.7. The number of methoxy groups -OCH3 is 1. The molecule has 0 unspecified atom stereocenters. The molecule has 1 aromatic heterocycles. The van der Waals surface area contributed by atoms with E-state index in [1.54, 1.807) is 12.1 Å². The monoisotopic (exact) mass is 458 g/mol. The van der Waals surface area contributed by atoms with E-state index in [1.165, 1.54) is 18.4 Å². The van der Waals surface area contributed by atoms with Crippen LogP contribution in [0.25, 0.3) is 0 Å². The van der Waals surface area contributed by atoms with Gasteiger partial charge in [0.25, 0.3) is 5.91 Å². The number of carbonyl (C=O) groups is 3. The van der Waals surface area contributed by atoms with E-state index in [0.29, 0.717) is 27.9 Å². The number of para-hydroxylation sites is 2. The van der Waals surface area contributed by atoms with Gasteiger partial charge in [-0.2, -0.15) is 0 Å². The standard InChI is InChI=1S/C24H30N2O5S/c1-24(2,3)14-9-10-15-18(13-14)32-23(26-19(27)11-12-20(28)29)21(15)22(30)25-16-7-5-6-8-17(16)31-4/h5-8,14H,9-13H2,1-4H3,(H,25,30)(H,26,27)(H,28,29)/t14-/m0/s1. The van der Waals surface area contributed by atoms with Crippen LogP contribution in [0, 0.1) is 11.3 Å². The van der Waals surface area contributed by atoms with Crippen LogP contribution in [0.2, 0.25) is 0 Å². The third-order valence-corrected chi connectivity index (χ3v) is 7.06. The van der Waals surface area contributed by atoms with Gasteiger partial charge in [-0.05, 0) is 48.3 Å². The molecule has 3 N–H and O–H groups in total. The van der Waals surface area contributed by atoms with Crippen molar-refractivity contribution in [2.24, 2.45) is 11.3 Å². The Morgan fingerprint density at radius 2 is 1.88 bits per heavy atom. The van der Waals surface area contributed by atoms with Gasteiger partial charge in [0.2, 0.25) is 5.91 Å². The van der Waals surface area contributed by atoms with E-state index in [2.05, 4.69) is 31.4 Å². The fourth-order valence-electron chi connectivity index (χ4n) is 4.00. The molecule has 1 atom stereocenters. The van der Waals surface area contributed by atoms with Gasteiger partial charge < -0.3 is 20.5 Å². The summed E-state index contributed by atoms with van der Waals surface area (Å²) in [5.74, 6) is -0.730. The minimum absolute atomic E-state index is 0.143. The minimum atomic E-state index is -1.03. The summed E-state index contributed by atoms with van der Waals surface area (Å²) in [6, 6.07) is 7.16. The highest BCUT2D eigenvalue weighted by atomic mass is 32.1. The Morgan fingerprint density at radius 1 is 1.16 bits per heavy atom. The molecule has 2 amide bonds. The second kappa shape index (κ2) is 9.73. The molecule has 0 radical (unpaired) electrons. The van der Waals surface area contributed by atoms with E-state index in [4.69, 9.17) is 9.84 Å². The minimum Gasteiger partial charge on any atom is -0.495 e. The number of carboxylic acid groups (broad SMARTS) is 1. The molecule has 7 nitrogen and oxygen atoms in total. The summed E-state index contributed by atoms with van der Waals surface area (Å²) in [5.41, 5.74) is 2.13. The van der Waals surface area contributed by atoms with Gasteiger partial charge >= 0.3 is 5.97 Å². The maximum Gasteiger partial charge on any atom is 0.303 e. The van der Waals surface area contributed by atoms with Crippen LogP contribution in [0.5, 0.6) is 5.75 Å². The van der Waals surface area contributed by atoms with E-state index in [1.807, 2.05) is 12.1 Å². The van der Waals surface area contributed by atoms with Crippen molar-refractivity contribution in [2.75, 3.05) is 17.7 Å². The number of aliphatic carboxylic acids is 1. The summed E-state index contributed by atoms with van der Waals surface area (Å²) in [6.45, 7) is 6.67. The number of amides is 2. The van der Waals surface area contributed by atoms with Gasteiger partial charge in [-0.1, -0.05) is 32.9 Å². The Balaban J connectivity index is 1.93. The SMILES string of the molecule is COc1ccccc1NC(=O)c1c(NC(=O)CCC(=O)O)sc2c1CC[C@H](C(C)(C)C)C2. The Kier molecular flexibility index (Phi) is 7.23. The van der Waals surface area contributed by atoms with Gasteiger partial charge in [0.05, 0.1) is 24.8 Å². The number of thiophene rings is 1. The Labute approximate surface area is 192 Å². The average Bonchev–Trinajstić information content (AvgIpc) is 3.09. The van der Waals surface area contributed by atoms with Crippen LogP contribution in [0.1, 0.15) is 60.8 Å². The van der Waals surface area contributed by atoms with Gasteiger partial charge in [0.1, 0.15) is 10.8 Å². The van der Waals surface area contributed by atoms with Gasteiger partial charge in [-0.25, -0.2) is 0 Å². The third kappa shape index (κ3) is 5.48. The first kappa shape index (κ1) is 23.8. The van der Waals surface area contributed by atoms with Crippen LogP contribution >= 0.6 is 11.3 Å². The normalized spacial score (nSPS) is 15.6. The smallest absolute Gasteiger partial charge is 0.303 e. The topological polar surface area (TPSA) is 105 Å². The van der Waals surface area contributed by atoms with Gasteiger partial charge in [-0.3, -0.25) is 14.4 Å². The molecule has 1 aromatic carbocycles. The lowest BCUT2D eigenvalue weighted by atomic mass is 9.72. The molecule has 172 valence electrons. The molecule has 2 aromatic rings. The van der Waals surface area contributed by atoms with Crippen LogP contribution in [0.15, 0.2) is 24.3 Å². The molecule has 1 aliphatic carbocycles. The van der Waals surface area contributed by atoms with E-state index in [0.717, 1.165) is 29.7 Å². The van der Waals surface area contributed by atoms with Crippen molar-refractivity contribution in [3.63, 3.8) is 0 Å². The molecule has 0 saturated heterocycles. The second-order valence-electron chi connectivity index (χ2n) is 9.11. The zero-order chi connectivity index (χ0) is 23.5.